The second-order valence-electron chi connectivity index (χ2n) is 4.87. The van der Waals surface area contributed by atoms with Gasteiger partial charge in [0.05, 0.1) is 0 Å². The molecule has 6 heteroatoms. The molecule has 1 amide bonds. The maximum absolute atomic E-state index is 12.1. The van der Waals surface area contributed by atoms with Crippen LogP contribution in [-0.4, -0.2) is 27.2 Å². The van der Waals surface area contributed by atoms with E-state index in [1.54, 1.807) is 24.5 Å². The Kier molecular flexibility index (Phi) is 4.39. The van der Waals surface area contributed by atoms with Gasteiger partial charge in [-0.1, -0.05) is 18.5 Å². The van der Waals surface area contributed by atoms with Crippen LogP contribution in [0.25, 0.3) is 0 Å². The zero-order chi connectivity index (χ0) is 14.7. The van der Waals surface area contributed by atoms with Gasteiger partial charge in [0.25, 0.3) is 5.91 Å². The van der Waals surface area contributed by atoms with Crippen LogP contribution in [0, 0.1) is 6.92 Å². The van der Waals surface area contributed by atoms with Crippen LogP contribution in [0.15, 0.2) is 24.5 Å². The molecule has 1 aromatic heterocycles. The van der Waals surface area contributed by atoms with Crippen molar-refractivity contribution in [1.82, 2.24) is 20.1 Å². The highest BCUT2D eigenvalue weighted by Crippen LogP contribution is 2.15. The van der Waals surface area contributed by atoms with Crippen molar-refractivity contribution in [1.29, 1.82) is 0 Å². The molecule has 1 atom stereocenters. The van der Waals surface area contributed by atoms with Crippen LogP contribution < -0.4 is 5.32 Å². The number of halogens is 1. The molecule has 0 saturated heterocycles. The number of benzene rings is 1. The normalized spacial score (nSPS) is 12.2. The van der Waals surface area contributed by atoms with E-state index in [0.717, 1.165) is 11.4 Å². The molecule has 0 saturated carbocycles. The highest BCUT2D eigenvalue weighted by Gasteiger charge is 2.14. The van der Waals surface area contributed by atoms with Gasteiger partial charge < -0.3 is 9.88 Å². The summed E-state index contributed by atoms with van der Waals surface area (Å²) in [7, 11) is 1.89. The molecule has 1 N–H and O–H groups in total. The summed E-state index contributed by atoms with van der Waals surface area (Å²) >= 11 is 5.88. The Morgan fingerprint density at radius 2 is 2.25 bits per heavy atom. The first-order valence-corrected chi connectivity index (χ1v) is 6.75. The van der Waals surface area contributed by atoms with E-state index in [9.17, 15) is 4.79 Å². The fourth-order valence-corrected chi connectivity index (χ4v) is 2.28. The summed E-state index contributed by atoms with van der Waals surface area (Å²) in [5.74, 6) is 0.838. The minimum absolute atomic E-state index is 0.0963. The highest BCUT2D eigenvalue weighted by atomic mass is 35.5. The number of nitrogens with one attached hydrogen (secondary N) is 1. The molecular formula is C14H17ClN4O. The third-order valence-electron chi connectivity index (χ3n) is 3.19. The fraction of sp³-hybridized carbons (Fsp3) is 0.357. The first-order chi connectivity index (χ1) is 9.49. The summed E-state index contributed by atoms with van der Waals surface area (Å²) in [5.41, 5.74) is 1.50. The van der Waals surface area contributed by atoms with Gasteiger partial charge in [-0.2, -0.15) is 0 Å². The van der Waals surface area contributed by atoms with Crippen LogP contribution in [-0.2, 0) is 7.05 Å². The second-order valence-corrected chi connectivity index (χ2v) is 5.31. The number of carbonyl (C=O) groups excluding carboxylic acids is 1. The molecule has 20 heavy (non-hydrogen) atoms. The average Bonchev–Trinajstić information content (AvgIpc) is 2.82. The quantitative estimate of drug-likeness (QED) is 0.941. The van der Waals surface area contributed by atoms with E-state index in [1.165, 1.54) is 0 Å². The Hall–Kier alpha value is -1.88. The molecule has 0 aliphatic heterocycles. The molecule has 2 rings (SSSR count). The number of nitrogens with zero attached hydrogens (tertiary/aromatic N) is 3. The van der Waals surface area contributed by atoms with Gasteiger partial charge in [-0.15, -0.1) is 10.2 Å². The number of hydrogen-bond donors (Lipinski definition) is 1. The Labute approximate surface area is 123 Å². The molecule has 0 aliphatic carbocycles. The lowest BCUT2D eigenvalue weighted by Crippen LogP contribution is -2.29. The summed E-state index contributed by atoms with van der Waals surface area (Å²) in [6.07, 6.45) is 1.65. The van der Waals surface area contributed by atoms with E-state index in [-0.39, 0.29) is 11.8 Å². The molecule has 5 nitrogen and oxygen atoms in total. The Balaban J connectivity index is 2.00. The van der Waals surface area contributed by atoms with E-state index in [1.807, 2.05) is 25.5 Å². The molecule has 0 fully saturated rings. The number of aryl methyl sites for hydroxylation is 2. The standard InChI is InChI=1S/C14H17ClN4O/c1-9-6-11(15)4-5-12(9)14(20)16-7-10(2)13-18-17-8-19(13)3/h4-6,8,10H,7H2,1-3H3,(H,16,20)/t10-/m0/s1. The Bertz CT molecular complexity index is 623. The number of hydrogen-bond acceptors (Lipinski definition) is 3. The van der Waals surface area contributed by atoms with Gasteiger partial charge in [-0.3, -0.25) is 4.79 Å². The summed E-state index contributed by atoms with van der Waals surface area (Å²) in [4.78, 5) is 12.1. The van der Waals surface area contributed by atoms with E-state index in [4.69, 9.17) is 11.6 Å². The predicted molar refractivity (Wildman–Crippen MR) is 77.9 cm³/mol. The van der Waals surface area contributed by atoms with Crippen molar-refractivity contribution in [3.05, 3.63) is 46.5 Å². The second kappa shape index (κ2) is 6.05. The van der Waals surface area contributed by atoms with Crippen LogP contribution in [0.5, 0.6) is 0 Å². The van der Waals surface area contributed by atoms with Gasteiger partial charge >= 0.3 is 0 Å². The van der Waals surface area contributed by atoms with Gasteiger partial charge in [0, 0.05) is 30.1 Å². The molecule has 0 radical (unpaired) electrons. The molecule has 1 heterocycles. The lowest BCUT2D eigenvalue weighted by molar-refractivity contribution is 0.0950. The van der Waals surface area contributed by atoms with Crippen molar-refractivity contribution < 1.29 is 4.79 Å². The topological polar surface area (TPSA) is 59.8 Å². The molecule has 106 valence electrons. The zero-order valence-corrected chi connectivity index (χ0v) is 12.5. The van der Waals surface area contributed by atoms with Crippen molar-refractivity contribution in [2.75, 3.05) is 6.54 Å². The zero-order valence-electron chi connectivity index (χ0n) is 11.7. The first kappa shape index (κ1) is 14.5. The molecule has 0 unspecified atom stereocenters. The molecular weight excluding hydrogens is 276 g/mol. The van der Waals surface area contributed by atoms with Gasteiger partial charge in [0.2, 0.25) is 0 Å². The van der Waals surface area contributed by atoms with Crippen molar-refractivity contribution in [2.45, 2.75) is 19.8 Å². The summed E-state index contributed by atoms with van der Waals surface area (Å²) < 4.78 is 1.85. The lowest BCUT2D eigenvalue weighted by atomic mass is 10.1. The van der Waals surface area contributed by atoms with Crippen LogP contribution in [0.2, 0.25) is 5.02 Å². The third kappa shape index (κ3) is 3.17. The third-order valence-corrected chi connectivity index (χ3v) is 3.42. The van der Waals surface area contributed by atoms with Gasteiger partial charge in [-0.25, -0.2) is 0 Å². The maximum atomic E-state index is 12.1. The Morgan fingerprint density at radius 3 is 2.85 bits per heavy atom. The average molecular weight is 293 g/mol. The largest absolute Gasteiger partial charge is 0.351 e. The van der Waals surface area contributed by atoms with Crippen molar-refractivity contribution in [3.8, 4) is 0 Å². The summed E-state index contributed by atoms with van der Waals surface area (Å²) in [6.45, 7) is 4.37. The maximum Gasteiger partial charge on any atom is 0.251 e. The fourth-order valence-electron chi connectivity index (χ4n) is 2.05. The van der Waals surface area contributed by atoms with E-state index < -0.39 is 0 Å². The van der Waals surface area contributed by atoms with Crippen LogP contribution in [0.3, 0.4) is 0 Å². The number of amides is 1. The lowest BCUT2D eigenvalue weighted by Gasteiger charge is -2.13. The number of aromatic nitrogens is 3. The van der Waals surface area contributed by atoms with Gasteiger partial charge in [-0.05, 0) is 30.7 Å². The van der Waals surface area contributed by atoms with Gasteiger partial charge in [0.1, 0.15) is 12.2 Å². The molecule has 0 bridgehead atoms. The smallest absolute Gasteiger partial charge is 0.251 e. The number of rotatable bonds is 4. The first-order valence-electron chi connectivity index (χ1n) is 6.37. The minimum atomic E-state index is -0.104. The van der Waals surface area contributed by atoms with Crippen molar-refractivity contribution in [3.63, 3.8) is 0 Å². The Morgan fingerprint density at radius 1 is 1.50 bits per heavy atom. The van der Waals surface area contributed by atoms with Gasteiger partial charge in [0.15, 0.2) is 0 Å². The molecule has 0 aliphatic rings. The number of carbonyl (C=O) groups is 1. The van der Waals surface area contributed by atoms with Crippen molar-refractivity contribution in [2.24, 2.45) is 7.05 Å². The van der Waals surface area contributed by atoms with Crippen molar-refractivity contribution >= 4 is 17.5 Å². The SMILES string of the molecule is Cc1cc(Cl)ccc1C(=O)NC[C@H](C)c1nncn1C. The molecule has 0 spiro atoms. The predicted octanol–water partition coefficient (Wildman–Crippen LogP) is 2.31. The highest BCUT2D eigenvalue weighted by molar-refractivity contribution is 6.30. The van der Waals surface area contributed by atoms with E-state index in [0.29, 0.717) is 17.1 Å². The van der Waals surface area contributed by atoms with Crippen LogP contribution in [0.1, 0.15) is 34.6 Å². The molecule has 2 aromatic rings. The monoisotopic (exact) mass is 292 g/mol. The molecule has 1 aromatic carbocycles. The van der Waals surface area contributed by atoms with Crippen LogP contribution >= 0.6 is 11.6 Å². The van der Waals surface area contributed by atoms with Crippen LogP contribution in [0.4, 0.5) is 0 Å². The minimum Gasteiger partial charge on any atom is -0.351 e. The van der Waals surface area contributed by atoms with E-state index in [2.05, 4.69) is 15.5 Å². The van der Waals surface area contributed by atoms with E-state index >= 15 is 0 Å². The summed E-state index contributed by atoms with van der Waals surface area (Å²) in [6, 6.07) is 5.23. The summed E-state index contributed by atoms with van der Waals surface area (Å²) in [5, 5.41) is 11.4.